The largest absolute Gasteiger partial charge is 0.494 e. The summed E-state index contributed by atoms with van der Waals surface area (Å²) in [7, 11) is 2.09. The summed E-state index contributed by atoms with van der Waals surface area (Å²) in [6, 6.07) is 14.4. The zero-order chi connectivity index (χ0) is 13.2. The maximum atomic E-state index is 5.60. The summed E-state index contributed by atoms with van der Waals surface area (Å²) in [5.74, 6) is 0.898. The predicted molar refractivity (Wildman–Crippen MR) is 81.0 cm³/mol. The van der Waals surface area contributed by atoms with Crippen molar-refractivity contribution in [2.75, 3.05) is 6.61 Å². The Morgan fingerprint density at radius 2 is 1.89 bits per heavy atom. The minimum absolute atomic E-state index is 0.688. The number of benzene rings is 2. The van der Waals surface area contributed by atoms with Gasteiger partial charge in [-0.05, 0) is 30.7 Å². The van der Waals surface area contributed by atoms with Crippen LogP contribution in [0, 0.1) is 0 Å². The van der Waals surface area contributed by atoms with E-state index in [1.54, 1.807) is 0 Å². The molecule has 19 heavy (non-hydrogen) atoms. The van der Waals surface area contributed by atoms with Gasteiger partial charge in [-0.2, -0.15) is 0 Å². The van der Waals surface area contributed by atoms with Gasteiger partial charge < -0.3 is 9.15 Å². The molecule has 0 aliphatic heterocycles. The van der Waals surface area contributed by atoms with E-state index in [1.807, 2.05) is 31.4 Å². The van der Waals surface area contributed by atoms with Crippen molar-refractivity contribution < 1.29 is 9.15 Å². The summed E-state index contributed by atoms with van der Waals surface area (Å²) in [4.78, 5) is 0. The summed E-state index contributed by atoms with van der Waals surface area (Å²) < 4.78 is 11.1. The van der Waals surface area contributed by atoms with Crippen LogP contribution in [0.3, 0.4) is 0 Å². The second-order valence-corrected chi connectivity index (χ2v) is 4.61. The number of ether oxygens (including phenoxy) is 1. The predicted octanol–water partition coefficient (Wildman–Crippen LogP) is 2.76. The van der Waals surface area contributed by atoms with Crippen molar-refractivity contribution in [2.45, 2.75) is 6.92 Å². The van der Waals surface area contributed by atoms with Crippen LogP contribution in [-0.4, -0.2) is 14.5 Å². The summed E-state index contributed by atoms with van der Waals surface area (Å²) in [5, 5.41) is 1.16. The maximum absolute atomic E-state index is 5.60. The van der Waals surface area contributed by atoms with Crippen molar-refractivity contribution in [3.8, 4) is 16.9 Å². The Morgan fingerprint density at radius 3 is 2.63 bits per heavy atom. The first kappa shape index (κ1) is 11.9. The molecule has 0 bridgehead atoms. The van der Waals surface area contributed by atoms with E-state index in [1.165, 1.54) is 5.46 Å². The molecule has 3 aromatic rings. The SMILES string of the molecule is Bc1ccc2occ(-c3ccc(OCC)cc3)c2c1. The van der Waals surface area contributed by atoms with Gasteiger partial charge in [0.1, 0.15) is 19.2 Å². The Bertz CT molecular complexity index is 698. The fourth-order valence-electron chi connectivity index (χ4n) is 2.26. The molecule has 94 valence electrons. The minimum Gasteiger partial charge on any atom is -0.494 e. The Morgan fingerprint density at radius 1 is 1.11 bits per heavy atom. The molecule has 0 unspecified atom stereocenters. The van der Waals surface area contributed by atoms with Crippen LogP contribution in [0.4, 0.5) is 0 Å². The van der Waals surface area contributed by atoms with Crippen molar-refractivity contribution in [1.82, 2.24) is 0 Å². The van der Waals surface area contributed by atoms with Gasteiger partial charge in [0.2, 0.25) is 0 Å². The van der Waals surface area contributed by atoms with Gasteiger partial charge in [-0.25, -0.2) is 0 Å². The molecule has 0 saturated heterocycles. The number of furan rings is 1. The number of hydrogen-bond donors (Lipinski definition) is 0. The van der Waals surface area contributed by atoms with E-state index in [2.05, 4.69) is 32.1 Å². The lowest BCUT2D eigenvalue weighted by Gasteiger charge is -2.04. The van der Waals surface area contributed by atoms with Gasteiger partial charge in [0.05, 0.1) is 12.9 Å². The van der Waals surface area contributed by atoms with E-state index in [0.717, 1.165) is 27.8 Å². The van der Waals surface area contributed by atoms with E-state index in [-0.39, 0.29) is 0 Å². The molecule has 2 nitrogen and oxygen atoms in total. The second-order valence-electron chi connectivity index (χ2n) is 4.61. The first-order valence-electron chi connectivity index (χ1n) is 6.49. The van der Waals surface area contributed by atoms with Gasteiger partial charge >= 0.3 is 0 Å². The molecule has 0 saturated carbocycles. The molecule has 0 aliphatic carbocycles. The Hall–Kier alpha value is -2.16. The van der Waals surface area contributed by atoms with Gasteiger partial charge in [0.25, 0.3) is 0 Å². The lowest BCUT2D eigenvalue weighted by molar-refractivity contribution is 0.340. The van der Waals surface area contributed by atoms with Crippen molar-refractivity contribution >= 4 is 24.3 Å². The molecule has 3 rings (SSSR count). The van der Waals surface area contributed by atoms with Gasteiger partial charge in [-0.15, -0.1) is 0 Å². The van der Waals surface area contributed by atoms with E-state index in [9.17, 15) is 0 Å². The highest BCUT2D eigenvalue weighted by molar-refractivity contribution is 6.33. The zero-order valence-corrected chi connectivity index (χ0v) is 11.1. The molecule has 2 aromatic carbocycles. The standard InChI is InChI=1S/C16H15BO2/c1-2-18-13-6-3-11(4-7-13)15-10-19-16-8-5-12(17)9-14(15)16/h3-10H,2,17H2,1H3. The molecule has 0 spiro atoms. The van der Waals surface area contributed by atoms with Crippen LogP contribution >= 0.6 is 0 Å². The van der Waals surface area contributed by atoms with Gasteiger partial charge in [-0.3, -0.25) is 0 Å². The first-order valence-corrected chi connectivity index (χ1v) is 6.49. The van der Waals surface area contributed by atoms with Crippen LogP contribution in [0.25, 0.3) is 22.1 Å². The molecule has 0 amide bonds. The highest BCUT2D eigenvalue weighted by Gasteiger charge is 2.08. The average Bonchev–Trinajstić information content (AvgIpc) is 2.83. The average molecular weight is 250 g/mol. The van der Waals surface area contributed by atoms with Crippen LogP contribution in [0.5, 0.6) is 5.75 Å². The summed E-state index contributed by atoms with van der Waals surface area (Å²) in [6.07, 6.45) is 1.82. The van der Waals surface area contributed by atoms with Crippen molar-refractivity contribution in [2.24, 2.45) is 0 Å². The quantitative estimate of drug-likeness (QED) is 0.667. The van der Waals surface area contributed by atoms with Gasteiger partial charge in [0, 0.05) is 10.9 Å². The molecule has 0 N–H and O–H groups in total. The van der Waals surface area contributed by atoms with E-state index >= 15 is 0 Å². The topological polar surface area (TPSA) is 22.4 Å². The Balaban J connectivity index is 2.06. The van der Waals surface area contributed by atoms with E-state index in [4.69, 9.17) is 9.15 Å². The molecular formula is C16H15BO2. The molecule has 0 aliphatic rings. The lowest BCUT2D eigenvalue weighted by Crippen LogP contribution is -1.99. The highest BCUT2D eigenvalue weighted by atomic mass is 16.5. The molecule has 1 heterocycles. The van der Waals surface area contributed by atoms with Crippen molar-refractivity contribution in [1.29, 1.82) is 0 Å². The Kier molecular flexibility index (Phi) is 3.04. The normalized spacial score (nSPS) is 10.8. The molecule has 0 fully saturated rings. The molecule has 0 atom stereocenters. The smallest absolute Gasteiger partial charge is 0.139 e. The van der Waals surface area contributed by atoms with Gasteiger partial charge in [-0.1, -0.05) is 29.7 Å². The van der Waals surface area contributed by atoms with Crippen LogP contribution in [0.1, 0.15) is 6.92 Å². The van der Waals surface area contributed by atoms with E-state index in [0.29, 0.717) is 6.61 Å². The first-order chi connectivity index (χ1) is 9.28. The molecule has 3 heteroatoms. The Labute approximate surface area is 113 Å². The summed E-state index contributed by atoms with van der Waals surface area (Å²) >= 11 is 0. The van der Waals surface area contributed by atoms with Crippen LogP contribution in [0.2, 0.25) is 0 Å². The summed E-state index contributed by atoms with van der Waals surface area (Å²) in [6.45, 7) is 2.67. The third-order valence-corrected chi connectivity index (χ3v) is 3.21. The maximum Gasteiger partial charge on any atom is 0.139 e. The fourth-order valence-corrected chi connectivity index (χ4v) is 2.26. The van der Waals surface area contributed by atoms with Crippen molar-refractivity contribution in [3.05, 3.63) is 48.7 Å². The molecular weight excluding hydrogens is 235 g/mol. The zero-order valence-electron chi connectivity index (χ0n) is 11.1. The van der Waals surface area contributed by atoms with Gasteiger partial charge in [0.15, 0.2) is 0 Å². The second kappa shape index (κ2) is 4.85. The summed E-state index contributed by atoms with van der Waals surface area (Å²) in [5.41, 5.74) is 4.44. The minimum atomic E-state index is 0.688. The fraction of sp³-hybridized carbons (Fsp3) is 0.125. The number of fused-ring (bicyclic) bond motifs is 1. The monoisotopic (exact) mass is 250 g/mol. The van der Waals surface area contributed by atoms with Crippen LogP contribution in [-0.2, 0) is 0 Å². The third-order valence-electron chi connectivity index (χ3n) is 3.21. The number of hydrogen-bond acceptors (Lipinski definition) is 2. The van der Waals surface area contributed by atoms with Crippen LogP contribution in [0.15, 0.2) is 53.1 Å². The highest BCUT2D eigenvalue weighted by Crippen LogP contribution is 2.30. The van der Waals surface area contributed by atoms with Crippen molar-refractivity contribution in [3.63, 3.8) is 0 Å². The number of rotatable bonds is 3. The molecule has 0 radical (unpaired) electrons. The lowest BCUT2D eigenvalue weighted by atomic mass is 9.93. The van der Waals surface area contributed by atoms with Crippen LogP contribution < -0.4 is 10.2 Å². The van der Waals surface area contributed by atoms with E-state index < -0.39 is 0 Å². The third kappa shape index (κ3) is 2.24. The molecule has 1 aromatic heterocycles.